The Labute approximate surface area is 161 Å². The van der Waals surface area contributed by atoms with Gasteiger partial charge in [-0.05, 0) is 35.7 Å². The van der Waals surface area contributed by atoms with Crippen molar-refractivity contribution in [1.82, 2.24) is 19.9 Å². The molecule has 6 nitrogen and oxygen atoms in total. The maximum absolute atomic E-state index is 12.9. The molecule has 0 saturated carbocycles. The van der Waals surface area contributed by atoms with Crippen LogP contribution >= 0.6 is 11.3 Å². The van der Waals surface area contributed by atoms with Crippen LogP contribution in [0.4, 0.5) is 4.39 Å². The Morgan fingerprint density at radius 3 is 2.48 bits per heavy atom. The van der Waals surface area contributed by atoms with Crippen LogP contribution < -0.4 is 4.74 Å². The van der Waals surface area contributed by atoms with E-state index < -0.39 is 0 Å². The Hall–Kier alpha value is -2.29. The monoisotopic (exact) mass is 388 g/mol. The highest BCUT2D eigenvalue weighted by Gasteiger charge is 2.19. The van der Waals surface area contributed by atoms with Gasteiger partial charge in [-0.25, -0.2) is 4.39 Å². The molecule has 3 heterocycles. The van der Waals surface area contributed by atoms with E-state index >= 15 is 0 Å². The van der Waals surface area contributed by atoms with E-state index in [9.17, 15) is 4.39 Å². The number of nitrogens with zero attached hydrogens (tertiary/aromatic N) is 4. The van der Waals surface area contributed by atoms with Crippen LogP contribution in [0.5, 0.6) is 5.75 Å². The number of hydrogen-bond donors (Lipinski definition) is 0. The quantitative estimate of drug-likeness (QED) is 0.620. The number of benzene rings is 1. The molecule has 27 heavy (non-hydrogen) atoms. The molecule has 4 rings (SSSR count). The lowest BCUT2D eigenvalue weighted by Gasteiger charge is -2.33. The summed E-state index contributed by atoms with van der Waals surface area (Å²) in [7, 11) is 0. The number of hydrogen-bond acceptors (Lipinski definition) is 7. The number of rotatable bonds is 7. The first-order valence-electron chi connectivity index (χ1n) is 8.91. The molecule has 0 atom stereocenters. The van der Waals surface area contributed by atoms with Crippen LogP contribution in [0.1, 0.15) is 16.6 Å². The summed E-state index contributed by atoms with van der Waals surface area (Å²) in [6.45, 7) is 5.90. The fourth-order valence-electron chi connectivity index (χ4n) is 3.01. The summed E-state index contributed by atoms with van der Waals surface area (Å²) in [6.07, 6.45) is 0. The molecule has 0 amide bonds. The second-order valence-corrected chi connectivity index (χ2v) is 7.51. The topological polar surface area (TPSA) is 54.6 Å². The first kappa shape index (κ1) is 18.1. The highest BCUT2D eigenvalue weighted by atomic mass is 32.1. The van der Waals surface area contributed by atoms with Crippen molar-refractivity contribution in [2.45, 2.75) is 19.7 Å². The van der Waals surface area contributed by atoms with E-state index in [0.717, 1.165) is 32.7 Å². The molecule has 3 aromatic rings. The first-order valence-corrected chi connectivity index (χ1v) is 9.79. The minimum absolute atomic E-state index is 0.198. The van der Waals surface area contributed by atoms with Crippen LogP contribution in [-0.4, -0.2) is 46.1 Å². The zero-order chi connectivity index (χ0) is 18.5. The molecule has 2 aromatic heterocycles. The van der Waals surface area contributed by atoms with E-state index in [1.807, 2.05) is 11.3 Å². The van der Waals surface area contributed by atoms with Gasteiger partial charge in [-0.3, -0.25) is 9.80 Å². The molecule has 1 aliphatic rings. The molecule has 0 bridgehead atoms. The van der Waals surface area contributed by atoms with Gasteiger partial charge in [0.15, 0.2) is 6.61 Å². The van der Waals surface area contributed by atoms with Crippen molar-refractivity contribution in [2.75, 3.05) is 26.2 Å². The second-order valence-electron chi connectivity index (χ2n) is 6.48. The minimum atomic E-state index is -0.292. The zero-order valence-electron chi connectivity index (χ0n) is 14.9. The van der Waals surface area contributed by atoms with E-state index in [4.69, 9.17) is 9.26 Å². The number of aromatic nitrogens is 2. The smallest absolute Gasteiger partial charge is 0.240 e. The Morgan fingerprint density at radius 2 is 1.78 bits per heavy atom. The lowest BCUT2D eigenvalue weighted by Crippen LogP contribution is -2.45. The maximum Gasteiger partial charge on any atom is 0.240 e. The Bertz CT molecular complexity index is 830. The van der Waals surface area contributed by atoms with Crippen molar-refractivity contribution in [2.24, 2.45) is 0 Å². The van der Waals surface area contributed by atoms with Crippen LogP contribution in [0.3, 0.4) is 0 Å². The maximum atomic E-state index is 12.9. The first-order chi connectivity index (χ1) is 13.2. The summed E-state index contributed by atoms with van der Waals surface area (Å²) >= 11 is 1.81. The second kappa shape index (κ2) is 8.60. The molecule has 0 radical (unpaired) electrons. The average Bonchev–Trinajstić information content (AvgIpc) is 3.35. The molecule has 142 valence electrons. The van der Waals surface area contributed by atoms with Crippen LogP contribution in [0.25, 0.3) is 0 Å². The van der Waals surface area contributed by atoms with Gasteiger partial charge < -0.3 is 9.26 Å². The Kier molecular flexibility index (Phi) is 5.76. The van der Waals surface area contributed by atoms with E-state index in [1.54, 1.807) is 12.1 Å². The Balaban J connectivity index is 1.22. The largest absolute Gasteiger partial charge is 0.485 e. The summed E-state index contributed by atoms with van der Waals surface area (Å²) < 4.78 is 23.8. The molecule has 0 unspecified atom stereocenters. The van der Waals surface area contributed by atoms with Gasteiger partial charge in [0.05, 0.1) is 6.54 Å². The predicted molar refractivity (Wildman–Crippen MR) is 99.9 cm³/mol. The SMILES string of the molecule is Fc1ccc(OCc2noc(CN3CCN(Cc4cccs4)CC3)n2)cc1. The molecule has 1 aliphatic heterocycles. The molecule has 8 heteroatoms. The van der Waals surface area contributed by atoms with Crippen LogP contribution in [0, 0.1) is 5.82 Å². The van der Waals surface area contributed by atoms with Crippen molar-refractivity contribution in [3.8, 4) is 5.75 Å². The fourth-order valence-corrected chi connectivity index (χ4v) is 3.76. The van der Waals surface area contributed by atoms with Crippen LogP contribution in [0.15, 0.2) is 46.3 Å². The summed E-state index contributed by atoms with van der Waals surface area (Å²) in [5, 5.41) is 6.08. The molecule has 0 aliphatic carbocycles. The molecule has 1 aromatic carbocycles. The summed E-state index contributed by atoms with van der Waals surface area (Å²) in [6, 6.07) is 10.1. The van der Waals surface area contributed by atoms with Gasteiger partial charge in [0.2, 0.25) is 11.7 Å². The third-order valence-electron chi connectivity index (χ3n) is 4.48. The molecular weight excluding hydrogens is 367 g/mol. The third-order valence-corrected chi connectivity index (χ3v) is 5.34. The van der Waals surface area contributed by atoms with Gasteiger partial charge in [-0.2, -0.15) is 4.98 Å². The van der Waals surface area contributed by atoms with Gasteiger partial charge in [-0.15, -0.1) is 11.3 Å². The summed E-state index contributed by atoms with van der Waals surface area (Å²) in [5.74, 6) is 1.37. The fraction of sp³-hybridized carbons (Fsp3) is 0.368. The summed E-state index contributed by atoms with van der Waals surface area (Å²) in [4.78, 5) is 10.6. The molecule has 1 fully saturated rings. The lowest BCUT2D eigenvalue weighted by molar-refractivity contribution is 0.113. The van der Waals surface area contributed by atoms with Crippen molar-refractivity contribution in [3.63, 3.8) is 0 Å². The van der Waals surface area contributed by atoms with Crippen LogP contribution in [0.2, 0.25) is 0 Å². The number of thiophene rings is 1. The highest BCUT2D eigenvalue weighted by Crippen LogP contribution is 2.15. The number of ether oxygens (including phenoxy) is 1. The van der Waals surface area contributed by atoms with Gasteiger partial charge in [0, 0.05) is 37.6 Å². The number of halogens is 1. The molecule has 0 N–H and O–H groups in total. The van der Waals surface area contributed by atoms with Crippen molar-refractivity contribution < 1.29 is 13.7 Å². The lowest BCUT2D eigenvalue weighted by atomic mass is 10.3. The number of piperazine rings is 1. The van der Waals surface area contributed by atoms with Crippen LogP contribution in [-0.2, 0) is 19.7 Å². The zero-order valence-corrected chi connectivity index (χ0v) is 15.7. The van der Waals surface area contributed by atoms with Gasteiger partial charge in [-0.1, -0.05) is 11.2 Å². The minimum Gasteiger partial charge on any atom is -0.485 e. The molecule has 1 saturated heterocycles. The molecule has 0 spiro atoms. The standard InChI is InChI=1S/C19H21FN4O2S/c20-15-3-5-16(6-4-15)25-14-18-21-19(26-22-18)13-24-9-7-23(8-10-24)12-17-2-1-11-27-17/h1-6,11H,7-10,12-14H2. The predicted octanol–water partition coefficient (Wildman–Crippen LogP) is 3.17. The Morgan fingerprint density at radius 1 is 1.04 bits per heavy atom. The van der Waals surface area contributed by atoms with Gasteiger partial charge >= 0.3 is 0 Å². The highest BCUT2D eigenvalue weighted by molar-refractivity contribution is 7.09. The van der Waals surface area contributed by atoms with Gasteiger partial charge in [0.25, 0.3) is 0 Å². The van der Waals surface area contributed by atoms with E-state index in [2.05, 4.69) is 37.5 Å². The van der Waals surface area contributed by atoms with E-state index in [0.29, 0.717) is 24.0 Å². The van der Waals surface area contributed by atoms with Gasteiger partial charge in [0.1, 0.15) is 11.6 Å². The van der Waals surface area contributed by atoms with Crippen molar-refractivity contribution in [1.29, 1.82) is 0 Å². The summed E-state index contributed by atoms with van der Waals surface area (Å²) in [5.41, 5.74) is 0. The molecular formula is C19H21FN4O2S. The normalized spacial score (nSPS) is 15.9. The average molecular weight is 388 g/mol. The van der Waals surface area contributed by atoms with Crippen molar-refractivity contribution >= 4 is 11.3 Å². The third kappa shape index (κ3) is 5.12. The van der Waals surface area contributed by atoms with E-state index in [-0.39, 0.29) is 12.4 Å². The van der Waals surface area contributed by atoms with Crippen molar-refractivity contribution in [3.05, 3.63) is 64.2 Å². The van der Waals surface area contributed by atoms with E-state index in [1.165, 1.54) is 17.0 Å².